The lowest BCUT2D eigenvalue weighted by Crippen LogP contribution is -2.15. The van der Waals surface area contributed by atoms with E-state index in [4.69, 9.17) is 0 Å². The molecule has 2 aromatic carbocycles. The van der Waals surface area contributed by atoms with Crippen molar-refractivity contribution in [2.75, 3.05) is 16.8 Å². The van der Waals surface area contributed by atoms with Gasteiger partial charge in [0.1, 0.15) is 5.82 Å². The number of thioether (sulfide) groups is 1. The van der Waals surface area contributed by atoms with Gasteiger partial charge in [-0.1, -0.05) is 28.1 Å². The number of nitrogens with one attached hydrogen (secondary N) is 1. The Morgan fingerprint density at radius 2 is 1.64 bits per heavy atom. The quantitative estimate of drug-likeness (QED) is 0.764. The van der Waals surface area contributed by atoms with E-state index in [-0.39, 0.29) is 29.0 Å². The summed E-state index contributed by atoms with van der Waals surface area (Å²) in [5.74, 6) is -0.197. The lowest BCUT2D eigenvalue weighted by Gasteiger charge is -2.05. The number of hydrogen-bond acceptors (Lipinski definition) is 3. The summed E-state index contributed by atoms with van der Waals surface area (Å²) in [6.07, 6.45) is 0. The van der Waals surface area contributed by atoms with Crippen molar-refractivity contribution in [3.63, 3.8) is 0 Å². The van der Waals surface area contributed by atoms with Crippen molar-refractivity contribution in [3.05, 3.63) is 64.4 Å². The van der Waals surface area contributed by atoms with Crippen LogP contribution in [0.1, 0.15) is 10.4 Å². The minimum Gasteiger partial charge on any atom is -0.325 e. The van der Waals surface area contributed by atoms with E-state index in [2.05, 4.69) is 21.2 Å². The summed E-state index contributed by atoms with van der Waals surface area (Å²) in [6.45, 7) is 0. The third kappa shape index (κ3) is 5.27. The highest BCUT2D eigenvalue weighted by Crippen LogP contribution is 2.14. The first-order valence-corrected chi connectivity index (χ1v) is 8.41. The zero-order valence-corrected chi connectivity index (χ0v) is 13.9. The van der Waals surface area contributed by atoms with Crippen LogP contribution in [0, 0.1) is 5.82 Å². The molecule has 0 fully saturated rings. The monoisotopic (exact) mass is 381 g/mol. The Morgan fingerprint density at radius 3 is 2.27 bits per heavy atom. The summed E-state index contributed by atoms with van der Waals surface area (Å²) in [6, 6.07) is 12.6. The molecule has 0 aliphatic rings. The first kappa shape index (κ1) is 16.7. The van der Waals surface area contributed by atoms with Crippen LogP contribution >= 0.6 is 27.7 Å². The molecule has 22 heavy (non-hydrogen) atoms. The van der Waals surface area contributed by atoms with Crippen molar-refractivity contribution in [3.8, 4) is 0 Å². The maximum atomic E-state index is 12.7. The zero-order chi connectivity index (χ0) is 15.9. The van der Waals surface area contributed by atoms with Gasteiger partial charge in [-0.05, 0) is 36.4 Å². The molecule has 0 saturated carbocycles. The molecule has 0 aliphatic heterocycles. The molecule has 114 valence electrons. The van der Waals surface area contributed by atoms with Crippen LogP contribution in [0.5, 0.6) is 0 Å². The molecule has 3 nitrogen and oxygen atoms in total. The van der Waals surface area contributed by atoms with Crippen molar-refractivity contribution in [1.29, 1.82) is 0 Å². The molecule has 0 heterocycles. The summed E-state index contributed by atoms with van der Waals surface area (Å²) in [7, 11) is 0. The SMILES string of the molecule is O=C(CSCC(=O)c1ccc(Br)cc1)Nc1ccc(F)cc1. The van der Waals surface area contributed by atoms with Gasteiger partial charge in [-0.2, -0.15) is 0 Å². The third-order valence-electron chi connectivity index (χ3n) is 2.76. The highest BCUT2D eigenvalue weighted by atomic mass is 79.9. The van der Waals surface area contributed by atoms with Gasteiger partial charge in [-0.3, -0.25) is 9.59 Å². The van der Waals surface area contributed by atoms with Crippen molar-refractivity contribution >= 4 is 45.1 Å². The Bertz CT molecular complexity index is 659. The van der Waals surface area contributed by atoms with Gasteiger partial charge in [0.15, 0.2) is 5.78 Å². The molecule has 2 rings (SSSR count). The Hall–Kier alpha value is -1.66. The van der Waals surface area contributed by atoms with Crippen LogP contribution in [0.4, 0.5) is 10.1 Å². The van der Waals surface area contributed by atoms with E-state index in [0.29, 0.717) is 11.3 Å². The van der Waals surface area contributed by atoms with Crippen LogP contribution in [0.2, 0.25) is 0 Å². The van der Waals surface area contributed by atoms with E-state index in [9.17, 15) is 14.0 Å². The Morgan fingerprint density at radius 1 is 1.00 bits per heavy atom. The Kier molecular flexibility index (Phi) is 6.15. The summed E-state index contributed by atoms with van der Waals surface area (Å²) in [5, 5.41) is 2.65. The van der Waals surface area contributed by atoms with E-state index in [1.54, 1.807) is 24.3 Å². The van der Waals surface area contributed by atoms with Crippen molar-refractivity contribution in [1.82, 2.24) is 0 Å². The normalized spacial score (nSPS) is 10.3. The molecular formula is C16H13BrFNO2S. The minimum absolute atomic E-state index is 0.0212. The number of amides is 1. The lowest BCUT2D eigenvalue weighted by molar-refractivity contribution is -0.113. The highest BCUT2D eigenvalue weighted by molar-refractivity contribution is 9.10. The summed E-state index contributed by atoms with van der Waals surface area (Å²) in [4.78, 5) is 23.6. The maximum Gasteiger partial charge on any atom is 0.234 e. The predicted molar refractivity (Wildman–Crippen MR) is 90.8 cm³/mol. The molecular weight excluding hydrogens is 369 g/mol. The van der Waals surface area contributed by atoms with Gasteiger partial charge in [0.25, 0.3) is 0 Å². The smallest absolute Gasteiger partial charge is 0.234 e. The number of hydrogen-bond donors (Lipinski definition) is 1. The fraction of sp³-hybridized carbons (Fsp3) is 0.125. The number of carbonyl (C=O) groups excluding carboxylic acids is 2. The second kappa shape index (κ2) is 8.10. The van der Waals surface area contributed by atoms with Crippen LogP contribution in [0.15, 0.2) is 53.0 Å². The number of Topliss-reactive ketones (excluding diaryl/α,β-unsaturated/α-hetero) is 1. The van der Waals surface area contributed by atoms with E-state index < -0.39 is 0 Å². The van der Waals surface area contributed by atoms with Gasteiger partial charge in [0, 0.05) is 15.7 Å². The number of ketones is 1. The molecule has 6 heteroatoms. The van der Waals surface area contributed by atoms with Crippen molar-refractivity contribution in [2.45, 2.75) is 0 Å². The summed E-state index contributed by atoms with van der Waals surface area (Å²) >= 11 is 4.55. The fourth-order valence-corrected chi connectivity index (χ4v) is 2.66. The third-order valence-corrected chi connectivity index (χ3v) is 4.22. The summed E-state index contributed by atoms with van der Waals surface area (Å²) < 4.78 is 13.7. The number of anilines is 1. The molecule has 0 spiro atoms. The predicted octanol–water partition coefficient (Wildman–Crippen LogP) is 4.14. The number of benzene rings is 2. The second-order valence-corrected chi connectivity index (χ2v) is 6.38. The first-order chi connectivity index (χ1) is 10.5. The number of carbonyl (C=O) groups is 2. The fourth-order valence-electron chi connectivity index (χ4n) is 1.69. The molecule has 1 N–H and O–H groups in total. The van der Waals surface area contributed by atoms with Gasteiger partial charge in [-0.15, -0.1) is 11.8 Å². The van der Waals surface area contributed by atoms with Crippen LogP contribution in [-0.2, 0) is 4.79 Å². The molecule has 0 atom stereocenters. The average molecular weight is 382 g/mol. The van der Waals surface area contributed by atoms with E-state index in [1.165, 1.54) is 36.0 Å². The van der Waals surface area contributed by atoms with Gasteiger partial charge in [0.05, 0.1) is 11.5 Å². The molecule has 0 radical (unpaired) electrons. The lowest BCUT2D eigenvalue weighted by atomic mass is 10.2. The average Bonchev–Trinajstić information content (AvgIpc) is 2.50. The minimum atomic E-state index is -0.354. The van der Waals surface area contributed by atoms with Gasteiger partial charge in [-0.25, -0.2) is 4.39 Å². The van der Waals surface area contributed by atoms with E-state index in [1.807, 2.05) is 0 Å². The van der Waals surface area contributed by atoms with E-state index >= 15 is 0 Å². The number of halogens is 2. The molecule has 2 aromatic rings. The Labute approximate surface area is 140 Å². The van der Waals surface area contributed by atoms with Crippen molar-refractivity contribution in [2.24, 2.45) is 0 Å². The van der Waals surface area contributed by atoms with Gasteiger partial charge in [0.2, 0.25) is 5.91 Å². The molecule has 0 aromatic heterocycles. The standard InChI is InChI=1S/C16H13BrFNO2S/c17-12-3-1-11(2-4-12)15(20)9-22-10-16(21)19-14-7-5-13(18)6-8-14/h1-8H,9-10H2,(H,19,21). The van der Waals surface area contributed by atoms with E-state index in [0.717, 1.165) is 4.47 Å². The van der Waals surface area contributed by atoms with Gasteiger partial charge >= 0.3 is 0 Å². The number of rotatable bonds is 6. The van der Waals surface area contributed by atoms with Crippen LogP contribution < -0.4 is 5.32 Å². The largest absolute Gasteiger partial charge is 0.325 e. The first-order valence-electron chi connectivity index (χ1n) is 6.46. The maximum absolute atomic E-state index is 12.7. The topological polar surface area (TPSA) is 46.2 Å². The molecule has 1 amide bonds. The van der Waals surface area contributed by atoms with Crippen LogP contribution in [0.25, 0.3) is 0 Å². The highest BCUT2D eigenvalue weighted by Gasteiger charge is 2.08. The zero-order valence-electron chi connectivity index (χ0n) is 11.5. The van der Waals surface area contributed by atoms with Crippen molar-refractivity contribution < 1.29 is 14.0 Å². The summed E-state index contributed by atoms with van der Waals surface area (Å²) in [5.41, 5.74) is 1.15. The van der Waals surface area contributed by atoms with Crippen LogP contribution in [0.3, 0.4) is 0 Å². The molecule has 0 saturated heterocycles. The molecule has 0 aliphatic carbocycles. The second-order valence-electron chi connectivity index (χ2n) is 4.48. The van der Waals surface area contributed by atoms with Gasteiger partial charge < -0.3 is 5.32 Å². The van der Waals surface area contributed by atoms with Crippen LogP contribution in [-0.4, -0.2) is 23.2 Å². The molecule has 0 bridgehead atoms. The molecule has 0 unspecified atom stereocenters. The Balaban J connectivity index is 1.75.